The van der Waals surface area contributed by atoms with Gasteiger partial charge in [0.1, 0.15) is 13.1 Å². The molecule has 0 aromatic heterocycles. The Balaban J connectivity index is 2.00. The van der Waals surface area contributed by atoms with Crippen LogP contribution < -0.4 is 14.8 Å². The molecule has 0 aliphatic heterocycles. The van der Waals surface area contributed by atoms with Gasteiger partial charge >= 0.3 is 0 Å². The average molecular weight is 307 g/mol. The molecule has 0 unspecified atom stereocenters. The summed E-state index contributed by atoms with van der Waals surface area (Å²) in [4.78, 5) is 0. The van der Waals surface area contributed by atoms with Gasteiger partial charge in [-0.2, -0.15) is 0 Å². The molecule has 2 N–H and O–H groups in total. The van der Waals surface area contributed by atoms with Crippen LogP contribution in [0, 0.1) is 6.92 Å². The number of nitrogens with two attached hydrogens (primary N) is 1. The Labute approximate surface area is 130 Å². The van der Waals surface area contributed by atoms with E-state index in [0.29, 0.717) is 16.5 Å². The maximum atomic E-state index is 6.21. The molecule has 21 heavy (non-hydrogen) atoms. The van der Waals surface area contributed by atoms with Crippen molar-refractivity contribution in [1.29, 1.82) is 0 Å². The quantitative estimate of drug-likeness (QED) is 0.890. The summed E-state index contributed by atoms with van der Waals surface area (Å²) in [5.74, 6) is 1.25. The fraction of sp³-hybridized carbons (Fsp3) is 0.294. The van der Waals surface area contributed by atoms with Crippen LogP contribution >= 0.6 is 11.6 Å². The number of methoxy groups -OCH3 is 2. The molecule has 0 radical (unpaired) electrons. The molecular weight excluding hydrogens is 286 g/mol. The number of hydrogen-bond donors (Lipinski definition) is 1. The smallest absolute Gasteiger partial charge is 0.179 e. The summed E-state index contributed by atoms with van der Waals surface area (Å²) in [7, 11) is 3.21. The van der Waals surface area contributed by atoms with Gasteiger partial charge < -0.3 is 14.8 Å². The largest absolute Gasteiger partial charge is 0.493 e. The monoisotopic (exact) mass is 306 g/mol. The van der Waals surface area contributed by atoms with Gasteiger partial charge in [-0.05, 0) is 19.1 Å². The Bertz CT molecular complexity index is 596. The molecule has 0 aliphatic rings. The summed E-state index contributed by atoms with van der Waals surface area (Å²) in [6.45, 7) is 3.87. The zero-order valence-electron chi connectivity index (χ0n) is 12.7. The minimum Gasteiger partial charge on any atom is -0.493 e. The Hall–Kier alpha value is -1.71. The number of rotatable bonds is 6. The third-order valence-corrected chi connectivity index (χ3v) is 3.65. The third-order valence-electron chi connectivity index (χ3n) is 3.37. The molecule has 112 valence electrons. The molecule has 3 nitrogen and oxygen atoms in total. The highest BCUT2D eigenvalue weighted by atomic mass is 35.5. The normalized spacial score (nSPS) is 10.5. The molecule has 2 aromatic carbocycles. The first-order chi connectivity index (χ1) is 10.1. The molecule has 2 aromatic rings. The molecular formula is C17H21ClNO2+. The molecule has 0 fully saturated rings. The van der Waals surface area contributed by atoms with E-state index >= 15 is 0 Å². The number of benzene rings is 2. The van der Waals surface area contributed by atoms with Crippen LogP contribution in [0.25, 0.3) is 0 Å². The van der Waals surface area contributed by atoms with Crippen molar-refractivity contribution in [3.05, 3.63) is 58.1 Å². The highest BCUT2D eigenvalue weighted by Crippen LogP contribution is 2.35. The summed E-state index contributed by atoms with van der Waals surface area (Å²) in [5.41, 5.74) is 3.71. The van der Waals surface area contributed by atoms with E-state index < -0.39 is 0 Å². The average Bonchev–Trinajstić information content (AvgIpc) is 2.48. The molecule has 0 bridgehead atoms. The standard InChI is InChI=1S/C17H20ClNO2/c1-12-4-6-13(7-5-12)10-19-11-14-8-15(18)17(21-3)16(9-14)20-2/h4-9,19H,10-11H2,1-3H3/p+1. The zero-order valence-corrected chi connectivity index (χ0v) is 13.4. The Morgan fingerprint density at radius 2 is 1.62 bits per heavy atom. The third kappa shape index (κ3) is 4.13. The van der Waals surface area contributed by atoms with E-state index in [-0.39, 0.29) is 0 Å². The SMILES string of the molecule is COc1cc(C[NH2+]Cc2ccc(C)cc2)cc(Cl)c1OC. The number of quaternary nitrogens is 1. The first-order valence-corrected chi connectivity index (χ1v) is 7.29. The van der Waals surface area contributed by atoms with Gasteiger partial charge in [-0.1, -0.05) is 41.4 Å². The molecule has 0 atom stereocenters. The molecule has 0 saturated heterocycles. The van der Waals surface area contributed by atoms with Gasteiger partial charge in [-0.25, -0.2) is 0 Å². The zero-order chi connectivity index (χ0) is 15.2. The summed E-state index contributed by atoms with van der Waals surface area (Å²) >= 11 is 6.21. The summed E-state index contributed by atoms with van der Waals surface area (Å²) < 4.78 is 10.6. The van der Waals surface area contributed by atoms with E-state index in [4.69, 9.17) is 21.1 Å². The van der Waals surface area contributed by atoms with Crippen LogP contribution in [0.5, 0.6) is 11.5 Å². The van der Waals surface area contributed by atoms with Crippen molar-refractivity contribution in [3.8, 4) is 11.5 Å². The Morgan fingerprint density at radius 3 is 2.24 bits per heavy atom. The second-order valence-electron chi connectivity index (χ2n) is 5.00. The fourth-order valence-electron chi connectivity index (χ4n) is 2.22. The van der Waals surface area contributed by atoms with E-state index in [2.05, 4.69) is 36.5 Å². The topological polar surface area (TPSA) is 35.1 Å². The van der Waals surface area contributed by atoms with Gasteiger partial charge in [0.05, 0.1) is 19.2 Å². The first kappa shape index (κ1) is 15.7. The van der Waals surface area contributed by atoms with Gasteiger partial charge in [-0.3, -0.25) is 0 Å². The predicted octanol–water partition coefficient (Wildman–Crippen LogP) is 2.93. The van der Waals surface area contributed by atoms with Crippen LogP contribution in [0.3, 0.4) is 0 Å². The molecule has 0 spiro atoms. The van der Waals surface area contributed by atoms with Gasteiger partial charge in [0.2, 0.25) is 0 Å². The van der Waals surface area contributed by atoms with E-state index in [1.165, 1.54) is 11.1 Å². The van der Waals surface area contributed by atoms with E-state index in [0.717, 1.165) is 18.7 Å². The molecule has 2 rings (SSSR count). The highest BCUT2D eigenvalue weighted by molar-refractivity contribution is 6.32. The molecule has 4 heteroatoms. The van der Waals surface area contributed by atoms with Crippen molar-refractivity contribution in [2.45, 2.75) is 20.0 Å². The number of ether oxygens (including phenoxy) is 2. The Morgan fingerprint density at radius 1 is 0.952 bits per heavy atom. The predicted molar refractivity (Wildman–Crippen MR) is 85.1 cm³/mol. The minimum absolute atomic E-state index is 0.579. The Kier molecular flexibility index (Phi) is 5.48. The lowest BCUT2D eigenvalue weighted by atomic mass is 10.1. The lowest BCUT2D eigenvalue weighted by Gasteiger charge is -2.11. The van der Waals surface area contributed by atoms with Crippen molar-refractivity contribution < 1.29 is 14.8 Å². The van der Waals surface area contributed by atoms with Crippen LogP contribution in [0.15, 0.2) is 36.4 Å². The van der Waals surface area contributed by atoms with Crippen LogP contribution in [0.2, 0.25) is 5.02 Å². The molecule has 0 heterocycles. The molecule has 0 saturated carbocycles. The summed E-state index contributed by atoms with van der Waals surface area (Å²) in [5, 5.41) is 2.82. The van der Waals surface area contributed by atoms with E-state index in [1.54, 1.807) is 14.2 Å². The van der Waals surface area contributed by atoms with Crippen molar-refractivity contribution in [2.75, 3.05) is 14.2 Å². The maximum Gasteiger partial charge on any atom is 0.179 e. The van der Waals surface area contributed by atoms with Crippen LogP contribution in [0.4, 0.5) is 0 Å². The minimum atomic E-state index is 0.579. The van der Waals surface area contributed by atoms with Gasteiger partial charge in [0.25, 0.3) is 0 Å². The lowest BCUT2D eigenvalue weighted by molar-refractivity contribution is -0.686. The van der Waals surface area contributed by atoms with Gasteiger partial charge in [0, 0.05) is 11.1 Å². The number of aryl methyl sites for hydroxylation is 1. The summed E-state index contributed by atoms with van der Waals surface area (Å²) in [6.07, 6.45) is 0. The fourth-order valence-corrected chi connectivity index (χ4v) is 2.53. The van der Waals surface area contributed by atoms with E-state index in [9.17, 15) is 0 Å². The van der Waals surface area contributed by atoms with Crippen LogP contribution in [0.1, 0.15) is 16.7 Å². The van der Waals surface area contributed by atoms with Crippen molar-refractivity contribution in [2.24, 2.45) is 0 Å². The second-order valence-corrected chi connectivity index (χ2v) is 5.40. The molecule has 0 amide bonds. The first-order valence-electron chi connectivity index (χ1n) is 6.91. The highest BCUT2D eigenvalue weighted by Gasteiger charge is 2.11. The van der Waals surface area contributed by atoms with Crippen molar-refractivity contribution in [3.63, 3.8) is 0 Å². The van der Waals surface area contributed by atoms with Crippen molar-refractivity contribution in [1.82, 2.24) is 0 Å². The second kappa shape index (κ2) is 7.34. The van der Waals surface area contributed by atoms with Crippen LogP contribution in [-0.4, -0.2) is 14.2 Å². The molecule has 0 aliphatic carbocycles. The number of halogens is 1. The lowest BCUT2D eigenvalue weighted by Crippen LogP contribution is -2.80. The summed E-state index contributed by atoms with van der Waals surface area (Å²) in [6, 6.07) is 12.5. The van der Waals surface area contributed by atoms with Gasteiger partial charge in [0.15, 0.2) is 11.5 Å². The van der Waals surface area contributed by atoms with E-state index in [1.807, 2.05) is 12.1 Å². The maximum absolute atomic E-state index is 6.21. The number of hydrogen-bond acceptors (Lipinski definition) is 2. The van der Waals surface area contributed by atoms with Crippen molar-refractivity contribution >= 4 is 11.6 Å². The van der Waals surface area contributed by atoms with Crippen LogP contribution in [-0.2, 0) is 13.1 Å². The van der Waals surface area contributed by atoms with Gasteiger partial charge in [-0.15, -0.1) is 0 Å².